The van der Waals surface area contributed by atoms with Crippen molar-refractivity contribution in [1.82, 2.24) is 10.2 Å². The number of nitrogens with zero attached hydrogens (tertiary/aromatic N) is 1. The van der Waals surface area contributed by atoms with E-state index in [1.165, 1.54) is 16.7 Å². The molecule has 0 atom stereocenters. The average molecular weight is 519 g/mol. The zero-order valence-electron chi connectivity index (χ0n) is 22.0. The second kappa shape index (κ2) is 13.1. The van der Waals surface area contributed by atoms with Crippen LogP contribution in [-0.2, 0) is 22.4 Å². The van der Waals surface area contributed by atoms with Gasteiger partial charge in [-0.25, -0.2) is 0 Å². The zero-order chi connectivity index (χ0) is 26.1. The lowest BCUT2D eigenvalue weighted by Gasteiger charge is -2.41. The minimum absolute atomic E-state index is 0.130. The highest BCUT2D eigenvalue weighted by Gasteiger charge is 2.42. The predicted octanol–water partition coefficient (Wildman–Crippen LogP) is 6.69. The van der Waals surface area contributed by atoms with Gasteiger partial charge in [-0.3, -0.25) is 9.59 Å². The minimum Gasteiger partial charge on any atom is -0.355 e. The van der Waals surface area contributed by atoms with Crippen LogP contribution in [0.3, 0.4) is 0 Å². The number of allylic oxidation sites excluding steroid dienone is 3. The average Bonchev–Trinajstić information content (AvgIpc) is 2.94. The van der Waals surface area contributed by atoms with E-state index >= 15 is 0 Å². The molecule has 1 aliphatic heterocycles. The van der Waals surface area contributed by atoms with Crippen LogP contribution >= 0.6 is 11.6 Å². The number of piperidine rings is 1. The molecule has 0 radical (unpaired) electrons. The molecule has 1 saturated heterocycles. The van der Waals surface area contributed by atoms with E-state index in [4.69, 9.17) is 11.6 Å². The molecular weight excluding hydrogens is 480 g/mol. The van der Waals surface area contributed by atoms with E-state index in [0.29, 0.717) is 56.8 Å². The Morgan fingerprint density at radius 2 is 1.57 bits per heavy atom. The van der Waals surface area contributed by atoms with Crippen molar-refractivity contribution in [2.45, 2.75) is 64.7 Å². The molecule has 0 spiro atoms. The summed E-state index contributed by atoms with van der Waals surface area (Å²) in [4.78, 5) is 28.5. The van der Waals surface area contributed by atoms with Crippen LogP contribution in [0.4, 0.5) is 0 Å². The third-order valence-electron chi connectivity index (χ3n) is 7.99. The Morgan fingerprint density at radius 1 is 0.892 bits per heavy atom. The number of amides is 2. The molecule has 0 bridgehead atoms. The normalized spacial score (nSPS) is 17.1. The summed E-state index contributed by atoms with van der Waals surface area (Å²) in [7, 11) is 0. The summed E-state index contributed by atoms with van der Waals surface area (Å²) in [5, 5.41) is 3.97. The number of hydrogen-bond acceptors (Lipinski definition) is 2. The maximum atomic E-state index is 13.6. The lowest BCUT2D eigenvalue weighted by atomic mass is 9.72. The maximum Gasteiger partial charge on any atom is 0.226 e. The monoisotopic (exact) mass is 518 g/mol. The summed E-state index contributed by atoms with van der Waals surface area (Å²) >= 11 is 5.98. The van der Waals surface area contributed by atoms with Crippen LogP contribution in [0.15, 0.2) is 77.9 Å². The lowest BCUT2D eigenvalue weighted by Crippen LogP contribution is -2.51. The van der Waals surface area contributed by atoms with Crippen molar-refractivity contribution in [3.8, 4) is 0 Å². The summed E-state index contributed by atoms with van der Waals surface area (Å²) in [6, 6.07) is 18.0. The molecule has 1 fully saturated rings. The van der Waals surface area contributed by atoms with Crippen LogP contribution in [0.1, 0.15) is 63.0 Å². The van der Waals surface area contributed by atoms with E-state index in [9.17, 15) is 9.59 Å². The molecule has 0 unspecified atom stereocenters. The molecule has 2 aromatic carbocycles. The Balaban J connectivity index is 1.34. The van der Waals surface area contributed by atoms with E-state index in [2.05, 4.69) is 36.5 Å². The van der Waals surface area contributed by atoms with E-state index < -0.39 is 5.41 Å². The molecule has 1 heterocycles. The van der Waals surface area contributed by atoms with E-state index in [1.807, 2.05) is 47.4 Å². The summed E-state index contributed by atoms with van der Waals surface area (Å²) in [6.45, 7) is 4.11. The first-order valence-electron chi connectivity index (χ1n) is 13.7. The Labute approximate surface area is 226 Å². The lowest BCUT2D eigenvalue weighted by molar-refractivity contribution is -0.140. The quantitative estimate of drug-likeness (QED) is 0.381. The second-order valence-corrected chi connectivity index (χ2v) is 10.9. The fraction of sp³-hybridized carbons (Fsp3) is 0.438. The first-order chi connectivity index (χ1) is 18.0. The third-order valence-corrected chi connectivity index (χ3v) is 8.24. The number of likely N-dealkylation sites (tertiary alicyclic amines) is 1. The van der Waals surface area contributed by atoms with Crippen molar-refractivity contribution in [1.29, 1.82) is 0 Å². The molecule has 2 aliphatic rings. The van der Waals surface area contributed by atoms with Crippen LogP contribution in [0.5, 0.6) is 0 Å². The first kappa shape index (κ1) is 27.2. The second-order valence-electron chi connectivity index (χ2n) is 10.5. The summed E-state index contributed by atoms with van der Waals surface area (Å²) in [6.07, 6.45) is 12.0. The molecule has 4 rings (SSSR count). The van der Waals surface area contributed by atoms with Gasteiger partial charge in [-0.15, -0.1) is 0 Å². The molecule has 1 aliphatic carbocycles. The van der Waals surface area contributed by atoms with Crippen LogP contribution in [-0.4, -0.2) is 36.3 Å². The number of carbonyl (C=O) groups is 2. The summed E-state index contributed by atoms with van der Waals surface area (Å²) in [5.74, 6) is 0.290. The first-order valence-corrected chi connectivity index (χ1v) is 14.1. The van der Waals surface area contributed by atoms with Gasteiger partial charge >= 0.3 is 0 Å². The van der Waals surface area contributed by atoms with Crippen molar-refractivity contribution < 1.29 is 9.59 Å². The highest BCUT2D eigenvalue weighted by atomic mass is 35.5. The standard InChI is InChI=1S/C32H39ClN2O2/c1-2-25-8-10-27(11-9-25)18-21-34-31(37)32(24-28-6-4-3-5-7-28)19-22-35(23-20-32)30(36)17-14-26-12-15-29(33)16-13-26/h3-8,10,12-13,15-16H,2,9,11,14,17-24H2,1H3,(H,34,37). The number of aryl methyl sites for hydroxylation is 1. The van der Waals surface area contributed by atoms with E-state index in [-0.39, 0.29) is 11.8 Å². The van der Waals surface area contributed by atoms with E-state index in [1.54, 1.807) is 0 Å². The molecule has 2 aromatic rings. The van der Waals surface area contributed by atoms with Gasteiger partial charge in [0.2, 0.25) is 11.8 Å². The molecular formula is C32H39ClN2O2. The highest BCUT2D eigenvalue weighted by Crippen LogP contribution is 2.36. The number of rotatable bonds is 10. The van der Waals surface area contributed by atoms with E-state index in [0.717, 1.165) is 31.2 Å². The van der Waals surface area contributed by atoms with Crippen molar-refractivity contribution >= 4 is 23.4 Å². The summed E-state index contributed by atoms with van der Waals surface area (Å²) in [5.41, 5.74) is 4.72. The highest BCUT2D eigenvalue weighted by molar-refractivity contribution is 6.30. The maximum absolute atomic E-state index is 13.6. The molecule has 0 aromatic heterocycles. The van der Waals surface area contributed by atoms with Crippen molar-refractivity contribution in [2.75, 3.05) is 19.6 Å². The molecule has 5 heteroatoms. The minimum atomic E-state index is -0.482. The molecule has 0 saturated carbocycles. The van der Waals surface area contributed by atoms with Gasteiger partial charge in [-0.1, -0.05) is 84.3 Å². The Kier molecular flexibility index (Phi) is 9.62. The van der Waals surface area contributed by atoms with Crippen LogP contribution in [0.2, 0.25) is 5.02 Å². The summed E-state index contributed by atoms with van der Waals surface area (Å²) < 4.78 is 0. The number of carbonyl (C=O) groups excluding carboxylic acids is 2. The largest absolute Gasteiger partial charge is 0.355 e. The molecule has 2 amide bonds. The molecule has 196 valence electrons. The Hall–Kier alpha value is -2.85. The number of hydrogen-bond donors (Lipinski definition) is 1. The van der Waals surface area contributed by atoms with Gasteiger partial charge in [0.15, 0.2) is 0 Å². The number of halogens is 1. The van der Waals surface area contributed by atoms with Gasteiger partial charge in [0.25, 0.3) is 0 Å². The van der Waals surface area contributed by atoms with Gasteiger partial charge in [0.1, 0.15) is 0 Å². The SMILES string of the molecule is CCC1=CC=C(CCNC(=O)C2(Cc3ccccc3)CCN(C(=O)CCc3ccc(Cl)cc3)CC2)CC1. The molecule has 37 heavy (non-hydrogen) atoms. The number of nitrogens with one attached hydrogen (secondary N) is 1. The third kappa shape index (κ3) is 7.58. The van der Waals surface area contributed by atoms with Gasteiger partial charge in [-0.05, 0) is 74.6 Å². The smallest absolute Gasteiger partial charge is 0.226 e. The topological polar surface area (TPSA) is 49.4 Å². The van der Waals surface area contributed by atoms with Crippen LogP contribution in [0.25, 0.3) is 0 Å². The van der Waals surface area contributed by atoms with Crippen LogP contribution in [0, 0.1) is 5.41 Å². The number of benzene rings is 2. The Bertz CT molecular complexity index is 1110. The van der Waals surface area contributed by atoms with Crippen molar-refractivity contribution in [2.24, 2.45) is 5.41 Å². The van der Waals surface area contributed by atoms with Crippen molar-refractivity contribution in [3.05, 3.63) is 94.0 Å². The Morgan fingerprint density at radius 3 is 2.22 bits per heavy atom. The zero-order valence-corrected chi connectivity index (χ0v) is 22.7. The predicted molar refractivity (Wildman–Crippen MR) is 151 cm³/mol. The van der Waals surface area contributed by atoms with Gasteiger partial charge in [0, 0.05) is 31.1 Å². The van der Waals surface area contributed by atoms with Crippen molar-refractivity contribution in [3.63, 3.8) is 0 Å². The van der Waals surface area contributed by atoms with Gasteiger partial charge < -0.3 is 10.2 Å². The molecule has 1 N–H and O–H groups in total. The van der Waals surface area contributed by atoms with Gasteiger partial charge in [0.05, 0.1) is 5.41 Å². The van der Waals surface area contributed by atoms with Gasteiger partial charge in [-0.2, -0.15) is 0 Å². The van der Waals surface area contributed by atoms with Crippen LogP contribution < -0.4 is 5.32 Å². The fourth-order valence-corrected chi connectivity index (χ4v) is 5.59. The molecule has 4 nitrogen and oxygen atoms in total. The fourth-order valence-electron chi connectivity index (χ4n) is 5.47.